The van der Waals surface area contributed by atoms with Crippen LogP contribution in [0.2, 0.25) is 0 Å². The summed E-state index contributed by atoms with van der Waals surface area (Å²) >= 11 is 0. The number of hydrogen-bond donors (Lipinski definition) is 1. The first-order valence-corrected chi connectivity index (χ1v) is 7.87. The van der Waals surface area contributed by atoms with E-state index in [-0.39, 0.29) is 0 Å². The molecule has 0 bridgehead atoms. The molecule has 0 aliphatic rings. The zero-order valence-corrected chi connectivity index (χ0v) is 12.9. The van der Waals surface area contributed by atoms with E-state index in [1.165, 1.54) is 35.7 Å². The number of benzene rings is 1. The zero-order chi connectivity index (χ0) is 14.4. The van der Waals surface area contributed by atoms with Gasteiger partial charge < -0.3 is 5.32 Å². The van der Waals surface area contributed by atoms with E-state index >= 15 is 0 Å². The summed E-state index contributed by atoms with van der Waals surface area (Å²) < 4.78 is 0. The molecule has 108 valence electrons. The molecule has 20 heavy (non-hydrogen) atoms. The van der Waals surface area contributed by atoms with Crippen molar-refractivity contribution >= 4 is 10.8 Å². The van der Waals surface area contributed by atoms with Crippen molar-refractivity contribution in [2.75, 3.05) is 6.54 Å². The van der Waals surface area contributed by atoms with Gasteiger partial charge in [-0.2, -0.15) is 0 Å². The van der Waals surface area contributed by atoms with Crippen LogP contribution >= 0.6 is 0 Å². The molecule has 0 saturated heterocycles. The topological polar surface area (TPSA) is 24.9 Å². The zero-order valence-electron chi connectivity index (χ0n) is 12.9. The molecule has 2 heteroatoms. The van der Waals surface area contributed by atoms with E-state index in [2.05, 4.69) is 61.4 Å². The monoisotopic (exact) mass is 270 g/mol. The van der Waals surface area contributed by atoms with E-state index in [1.54, 1.807) is 0 Å². The summed E-state index contributed by atoms with van der Waals surface area (Å²) in [6.07, 6.45) is 5.59. The molecule has 1 N–H and O–H groups in total. The van der Waals surface area contributed by atoms with Gasteiger partial charge in [-0.05, 0) is 30.3 Å². The van der Waals surface area contributed by atoms with Gasteiger partial charge in [-0.3, -0.25) is 4.98 Å². The molecule has 1 aromatic heterocycles. The Labute approximate surface area is 122 Å². The minimum absolute atomic E-state index is 0.357. The van der Waals surface area contributed by atoms with E-state index in [1.807, 2.05) is 6.20 Å². The second-order valence-corrected chi connectivity index (χ2v) is 5.45. The molecule has 2 rings (SSSR count). The van der Waals surface area contributed by atoms with Crippen LogP contribution in [0.4, 0.5) is 0 Å². The summed E-state index contributed by atoms with van der Waals surface area (Å²) in [5, 5.41) is 6.19. The number of nitrogens with zero attached hydrogens (tertiary/aromatic N) is 1. The standard InChI is InChI=1S/C18H26N2/c1-4-14(5-2)13-17(19-6-3)18-16-10-8-7-9-15(16)11-12-20-18/h7-12,14,17,19H,4-6,13H2,1-3H3. The summed E-state index contributed by atoms with van der Waals surface area (Å²) in [6.45, 7) is 7.72. The van der Waals surface area contributed by atoms with Crippen molar-refractivity contribution in [3.63, 3.8) is 0 Å². The lowest BCUT2D eigenvalue weighted by Gasteiger charge is -2.23. The smallest absolute Gasteiger partial charge is 0.0651 e. The Bertz CT molecular complexity index is 526. The maximum Gasteiger partial charge on any atom is 0.0651 e. The third-order valence-electron chi connectivity index (χ3n) is 4.21. The number of nitrogens with one attached hydrogen (secondary N) is 1. The lowest BCUT2D eigenvalue weighted by atomic mass is 9.91. The van der Waals surface area contributed by atoms with Crippen LogP contribution in [0, 0.1) is 5.92 Å². The van der Waals surface area contributed by atoms with Crippen LogP contribution < -0.4 is 5.32 Å². The third-order valence-corrected chi connectivity index (χ3v) is 4.21. The van der Waals surface area contributed by atoms with Crippen LogP contribution in [0.1, 0.15) is 51.8 Å². The van der Waals surface area contributed by atoms with Crippen molar-refractivity contribution in [1.29, 1.82) is 0 Å². The fraction of sp³-hybridized carbons (Fsp3) is 0.500. The van der Waals surface area contributed by atoms with Gasteiger partial charge in [0.15, 0.2) is 0 Å². The van der Waals surface area contributed by atoms with Crippen LogP contribution in [-0.4, -0.2) is 11.5 Å². The van der Waals surface area contributed by atoms with Gasteiger partial charge in [0.25, 0.3) is 0 Å². The Morgan fingerprint density at radius 3 is 2.50 bits per heavy atom. The number of rotatable bonds is 7. The van der Waals surface area contributed by atoms with Crippen molar-refractivity contribution in [3.8, 4) is 0 Å². The Hall–Kier alpha value is -1.41. The van der Waals surface area contributed by atoms with Gasteiger partial charge in [0, 0.05) is 11.6 Å². The lowest BCUT2D eigenvalue weighted by Crippen LogP contribution is -2.24. The molecule has 1 atom stereocenters. The predicted octanol–water partition coefficient (Wildman–Crippen LogP) is 4.71. The highest BCUT2D eigenvalue weighted by Gasteiger charge is 2.18. The second kappa shape index (κ2) is 7.39. The third kappa shape index (κ3) is 3.37. The molecular formula is C18H26N2. The normalized spacial score (nSPS) is 13.0. The largest absolute Gasteiger partial charge is 0.309 e. The van der Waals surface area contributed by atoms with Crippen LogP contribution in [-0.2, 0) is 0 Å². The molecule has 0 radical (unpaired) electrons. The van der Waals surface area contributed by atoms with Gasteiger partial charge in [-0.25, -0.2) is 0 Å². The number of hydrogen-bond acceptors (Lipinski definition) is 2. The van der Waals surface area contributed by atoms with E-state index in [4.69, 9.17) is 0 Å². The SMILES string of the molecule is CCNC(CC(CC)CC)c1nccc2ccccc12. The van der Waals surface area contributed by atoms with Gasteiger partial charge >= 0.3 is 0 Å². The molecule has 2 aromatic rings. The Kier molecular flexibility index (Phi) is 5.54. The van der Waals surface area contributed by atoms with Crippen LogP contribution in [0.3, 0.4) is 0 Å². The number of aromatic nitrogens is 1. The number of pyridine rings is 1. The molecule has 0 amide bonds. The summed E-state index contributed by atoms with van der Waals surface area (Å²) in [4.78, 5) is 4.68. The average Bonchev–Trinajstić information content (AvgIpc) is 2.51. The maximum absolute atomic E-state index is 4.68. The fourth-order valence-electron chi connectivity index (χ4n) is 2.91. The molecule has 0 aliphatic carbocycles. The average molecular weight is 270 g/mol. The summed E-state index contributed by atoms with van der Waals surface area (Å²) in [6, 6.07) is 11.0. The van der Waals surface area contributed by atoms with Gasteiger partial charge in [0.2, 0.25) is 0 Å². The number of fused-ring (bicyclic) bond motifs is 1. The van der Waals surface area contributed by atoms with Crippen molar-refractivity contribution < 1.29 is 0 Å². The molecule has 1 heterocycles. The fourth-order valence-corrected chi connectivity index (χ4v) is 2.91. The molecule has 0 aliphatic heterocycles. The van der Waals surface area contributed by atoms with Gasteiger partial charge in [-0.15, -0.1) is 0 Å². The van der Waals surface area contributed by atoms with Crippen molar-refractivity contribution in [2.24, 2.45) is 5.92 Å². The highest BCUT2D eigenvalue weighted by molar-refractivity contribution is 5.84. The van der Waals surface area contributed by atoms with E-state index in [0.29, 0.717) is 6.04 Å². The first kappa shape index (κ1) is 15.0. The first-order valence-electron chi connectivity index (χ1n) is 7.87. The Balaban J connectivity index is 2.35. The maximum atomic E-state index is 4.68. The summed E-state index contributed by atoms with van der Waals surface area (Å²) in [5.74, 6) is 0.764. The summed E-state index contributed by atoms with van der Waals surface area (Å²) in [5.41, 5.74) is 1.21. The Morgan fingerprint density at radius 1 is 1.05 bits per heavy atom. The van der Waals surface area contributed by atoms with Crippen LogP contribution in [0.25, 0.3) is 10.8 Å². The quantitative estimate of drug-likeness (QED) is 0.788. The van der Waals surface area contributed by atoms with Gasteiger partial charge in [0.05, 0.1) is 11.7 Å². The van der Waals surface area contributed by atoms with Crippen molar-refractivity contribution in [3.05, 3.63) is 42.2 Å². The first-order chi connectivity index (χ1) is 9.80. The van der Waals surface area contributed by atoms with Crippen molar-refractivity contribution in [1.82, 2.24) is 10.3 Å². The highest BCUT2D eigenvalue weighted by Crippen LogP contribution is 2.28. The van der Waals surface area contributed by atoms with E-state index in [9.17, 15) is 0 Å². The lowest BCUT2D eigenvalue weighted by molar-refractivity contribution is 0.372. The minimum atomic E-state index is 0.357. The molecule has 1 unspecified atom stereocenters. The highest BCUT2D eigenvalue weighted by atomic mass is 14.9. The Morgan fingerprint density at radius 2 is 1.80 bits per heavy atom. The van der Waals surface area contributed by atoms with E-state index < -0.39 is 0 Å². The molecule has 0 saturated carbocycles. The van der Waals surface area contributed by atoms with Gasteiger partial charge in [0.1, 0.15) is 0 Å². The van der Waals surface area contributed by atoms with Crippen LogP contribution in [0.15, 0.2) is 36.5 Å². The van der Waals surface area contributed by atoms with Crippen molar-refractivity contribution in [2.45, 2.75) is 46.1 Å². The molecule has 0 fully saturated rings. The second-order valence-electron chi connectivity index (χ2n) is 5.45. The van der Waals surface area contributed by atoms with Gasteiger partial charge in [-0.1, -0.05) is 57.9 Å². The van der Waals surface area contributed by atoms with Crippen LogP contribution in [0.5, 0.6) is 0 Å². The predicted molar refractivity (Wildman–Crippen MR) is 86.8 cm³/mol. The molecule has 0 spiro atoms. The molecular weight excluding hydrogens is 244 g/mol. The van der Waals surface area contributed by atoms with E-state index in [0.717, 1.165) is 12.5 Å². The summed E-state index contributed by atoms with van der Waals surface area (Å²) in [7, 11) is 0. The minimum Gasteiger partial charge on any atom is -0.309 e. The molecule has 2 nitrogen and oxygen atoms in total. The molecule has 1 aromatic carbocycles.